The number of nitrogens with zero attached hydrogens (tertiary/aromatic N) is 1. The van der Waals surface area contributed by atoms with E-state index in [1.807, 2.05) is 30.3 Å². The number of hydrogen-bond donors (Lipinski definition) is 3. The fourth-order valence-corrected chi connectivity index (χ4v) is 7.02. The summed E-state index contributed by atoms with van der Waals surface area (Å²) < 4.78 is 0. The first kappa shape index (κ1) is 19.9. The first-order valence-corrected chi connectivity index (χ1v) is 11.9. The average Bonchev–Trinajstić information content (AvgIpc) is 3.19. The van der Waals surface area contributed by atoms with Crippen LogP contribution in [0.5, 0.6) is 0 Å². The minimum absolute atomic E-state index is 0.339. The van der Waals surface area contributed by atoms with E-state index in [1.165, 1.54) is 50.4 Å². The molecule has 6 heteroatoms. The number of halogens is 1. The van der Waals surface area contributed by atoms with Gasteiger partial charge in [-0.25, -0.2) is 10.2 Å². The van der Waals surface area contributed by atoms with Gasteiger partial charge in [0.25, 0.3) is 0 Å². The van der Waals surface area contributed by atoms with E-state index < -0.39 is 0 Å². The highest BCUT2D eigenvalue weighted by atomic mass is 35.5. The van der Waals surface area contributed by atoms with E-state index in [9.17, 15) is 4.79 Å². The first-order valence-electron chi connectivity index (χ1n) is 11.5. The highest BCUT2D eigenvalue weighted by Crippen LogP contribution is 2.60. The standard InChI is InChI=1S/C26H27ClN4O/c27-22-4-2-1-3-19(22)15-28-31-25(32)29-21-5-6-23-20(10-21)11-24(30-23)26-12-16-7-17(13-26)9-18(8-16)14-26/h1-6,10-11,15-18,30H,7-9,12-14H2,(H2,29,31,32)/b28-15+. The monoisotopic (exact) mass is 446 g/mol. The lowest BCUT2D eigenvalue weighted by Crippen LogP contribution is -2.48. The van der Waals surface area contributed by atoms with E-state index in [0.29, 0.717) is 10.4 Å². The van der Waals surface area contributed by atoms with Crippen LogP contribution >= 0.6 is 11.6 Å². The Labute approximate surface area is 192 Å². The van der Waals surface area contributed by atoms with Crippen molar-refractivity contribution in [3.63, 3.8) is 0 Å². The molecule has 4 bridgehead atoms. The number of amides is 2. The molecule has 7 rings (SSSR count). The van der Waals surface area contributed by atoms with E-state index in [-0.39, 0.29) is 6.03 Å². The summed E-state index contributed by atoms with van der Waals surface area (Å²) in [4.78, 5) is 16.0. The van der Waals surface area contributed by atoms with Gasteiger partial charge >= 0.3 is 6.03 Å². The van der Waals surface area contributed by atoms with Gasteiger partial charge in [0.15, 0.2) is 0 Å². The van der Waals surface area contributed by atoms with Crippen LogP contribution in [0.1, 0.15) is 49.8 Å². The van der Waals surface area contributed by atoms with Gasteiger partial charge in [-0.1, -0.05) is 29.8 Å². The molecule has 4 saturated carbocycles. The van der Waals surface area contributed by atoms with Gasteiger partial charge < -0.3 is 10.3 Å². The summed E-state index contributed by atoms with van der Waals surface area (Å²) in [5.41, 5.74) is 6.88. The number of hydrazone groups is 1. The second kappa shape index (κ2) is 7.66. The summed E-state index contributed by atoms with van der Waals surface area (Å²) in [6, 6.07) is 15.3. The molecule has 4 fully saturated rings. The number of aromatic nitrogens is 1. The van der Waals surface area contributed by atoms with Crippen molar-refractivity contribution < 1.29 is 4.79 Å². The second-order valence-electron chi connectivity index (χ2n) is 10.0. The summed E-state index contributed by atoms with van der Waals surface area (Å²) in [5, 5.41) is 8.60. The minimum Gasteiger partial charge on any atom is -0.358 e. The van der Waals surface area contributed by atoms with Crippen molar-refractivity contribution in [2.75, 3.05) is 5.32 Å². The highest BCUT2D eigenvalue weighted by Gasteiger charge is 2.52. The van der Waals surface area contributed by atoms with E-state index in [0.717, 1.165) is 39.9 Å². The van der Waals surface area contributed by atoms with Crippen LogP contribution in [0.25, 0.3) is 10.9 Å². The Morgan fingerprint density at radius 3 is 2.47 bits per heavy atom. The Morgan fingerprint density at radius 1 is 1.03 bits per heavy atom. The molecule has 2 amide bonds. The van der Waals surface area contributed by atoms with Crippen molar-refractivity contribution in [3.05, 3.63) is 64.8 Å². The van der Waals surface area contributed by atoms with E-state index in [4.69, 9.17) is 11.6 Å². The van der Waals surface area contributed by atoms with Gasteiger partial charge in [-0.15, -0.1) is 0 Å². The average molecular weight is 447 g/mol. The van der Waals surface area contributed by atoms with E-state index in [1.54, 1.807) is 6.07 Å². The Hall–Kier alpha value is -2.79. The van der Waals surface area contributed by atoms with Gasteiger partial charge in [0.2, 0.25) is 0 Å². The first-order chi connectivity index (χ1) is 15.6. The van der Waals surface area contributed by atoms with Crippen LogP contribution < -0.4 is 10.7 Å². The van der Waals surface area contributed by atoms with Crippen molar-refractivity contribution in [1.29, 1.82) is 0 Å². The number of carbonyl (C=O) groups excluding carboxylic acids is 1. The lowest BCUT2D eigenvalue weighted by Gasteiger charge is -2.56. The number of aromatic amines is 1. The summed E-state index contributed by atoms with van der Waals surface area (Å²) in [7, 11) is 0. The summed E-state index contributed by atoms with van der Waals surface area (Å²) in [5.74, 6) is 2.75. The third-order valence-electron chi connectivity index (χ3n) is 7.76. The minimum atomic E-state index is -0.385. The molecular formula is C26H27ClN4O. The number of carbonyl (C=O) groups is 1. The third-order valence-corrected chi connectivity index (χ3v) is 8.11. The van der Waals surface area contributed by atoms with Crippen LogP contribution in [0.4, 0.5) is 10.5 Å². The molecule has 4 aliphatic carbocycles. The molecule has 1 aromatic heterocycles. The molecule has 2 aromatic carbocycles. The molecule has 0 saturated heterocycles. The van der Waals surface area contributed by atoms with Gasteiger partial charge in [-0.3, -0.25) is 0 Å². The molecule has 0 unspecified atom stereocenters. The van der Waals surface area contributed by atoms with Crippen molar-refractivity contribution in [2.45, 2.75) is 43.9 Å². The second-order valence-corrected chi connectivity index (χ2v) is 10.4. The topological polar surface area (TPSA) is 69.3 Å². The maximum Gasteiger partial charge on any atom is 0.339 e. The van der Waals surface area contributed by atoms with Crippen LogP contribution in [0, 0.1) is 17.8 Å². The predicted molar refractivity (Wildman–Crippen MR) is 129 cm³/mol. The Morgan fingerprint density at radius 2 is 1.75 bits per heavy atom. The van der Waals surface area contributed by atoms with Crippen molar-refractivity contribution in [2.24, 2.45) is 22.9 Å². The molecule has 32 heavy (non-hydrogen) atoms. The van der Waals surface area contributed by atoms with E-state index in [2.05, 4.69) is 33.0 Å². The van der Waals surface area contributed by atoms with Crippen LogP contribution in [0.15, 0.2) is 53.6 Å². The van der Waals surface area contributed by atoms with Gasteiger partial charge in [0.1, 0.15) is 0 Å². The fourth-order valence-electron chi connectivity index (χ4n) is 6.84. The maximum absolute atomic E-state index is 12.3. The van der Waals surface area contributed by atoms with Crippen LogP contribution in [-0.4, -0.2) is 17.2 Å². The maximum atomic E-state index is 12.3. The third kappa shape index (κ3) is 3.58. The lowest BCUT2D eigenvalue weighted by atomic mass is 9.49. The number of H-pyrrole nitrogens is 1. The van der Waals surface area contributed by atoms with Crippen molar-refractivity contribution in [3.8, 4) is 0 Å². The zero-order valence-corrected chi connectivity index (χ0v) is 18.7. The summed E-state index contributed by atoms with van der Waals surface area (Å²) in [6.07, 6.45) is 9.88. The Kier molecular flexibility index (Phi) is 4.76. The highest BCUT2D eigenvalue weighted by molar-refractivity contribution is 6.33. The zero-order valence-electron chi connectivity index (χ0n) is 17.9. The van der Waals surface area contributed by atoms with Crippen LogP contribution in [0.2, 0.25) is 5.02 Å². The quantitative estimate of drug-likeness (QED) is 0.313. The molecule has 4 aliphatic rings. The van der Waals surface area contributed by atoms with Crippen LogP contribution in [0.3, 0.4) is 0 Å². The number of anilines is 1. The van der Waals surface area contributed by atoms with Gasteiger partial charge in [-0.05, 0) is 86.6 Å². The summed E-state index contributed by atoms with van der Waals surface area (Å²) in [6.45, 7) is 0. The molecule has 3 aromatic rings. The number of benzene rings is 2. The zero-order chi connectivity index (χ0) is 21.7. The van der Waals surface area contributed by atoms with Gasteiger partial charge in [0, 0.05) is 38.3 Å². The molecule has 3 N–H and O–H groups in total. The molecule has 1 heterocycles. The molecule has 0 atom stereocenters. The Bertz CT molecular complexity index is 1180. The normalized spacial score (nSPS) is 28.5. The molecule has 5 nitrogen and oxygen atoms in total. The van der Waals surface area contributed by atoms with Gasteiger partial charge in [0.05, 0.1) is 6.21 Å². The van der Waals surface area contributed by atoms with Crippen molar-refractivity contribution >= 4 is 40.4 Å². The van der Waals surface area contributed by atoms with Gasteiger partial charge in [-0.2, -0.15) is 5.10 Å². The molecular weight excluding hydrogens is 420 g/mol. The molecule has 164 valence electrons. The molecule has 0 radical (unpaired) electrons. The fraction of sp³-hybridized carbons (Fsp3) is 0.385. The predicted octanol–water partition coefficient (Wildman–Crippen LogP) is 6.44. The SMILES string of the molecule is O=C(N/N=C/c1ccccc1Cl)Nc1ccc2[nH]c(C34CC5CC(CC(C5)C3)C4)cc2c1. The smallest absolute Gasteiger partial charge is 0.339 e. The van der Waals surface area contributed by atoms with Crippen molar-refractivity contribution in [1.82, 2.24) is 10.4 Å². The molecule has 0 aliphatic heterocycles. The number of urea groups is 1. The summed E-state index contributed by atoms with van der Waals surface area (Å²) >= 11 is 6.10. The largest absolute Gasteiger partial charge is 0.358 e. The molecule has 0 spiro atoms. The lowest BCUT2D eigenvalue weighted by molar-refractivity contribution is -0.00686. The Balaban J connectivity index is 1.16. The van der Waals surface area contributed by atoms with Crippen LogP contribution in [-0.2, 0) is 5.41 Å². The number of rotatable bonds is 4. The number of nitrogens with one attached hydrogen (secondary N) is 3. The number of fused-ring (bicyclic) bond motifs is 1. The number of hydrogen-bond acceptors (Lipinski definition) is 2. The van der Waals surface area contributed by atoms with E-state index >= 15 is 0 Å².